The number of anilines is 1. The molecule has 0 aliphatic heterocycles. The highest BCUT2D eigenvalue weighted by atomic mass is 15.1. The maximum absolute atomic E-state index is 4.57. The summed E-state index contributed by atoms with van der Waals surface area (Å²) < 4.78 is 0. The number of hydrogen-bond acceptors (Lipinski definition) is 3. The van der Waals surface area contributed by atoms with Crippen LogP contribution in [0.5, 0.6) is 0 Å². The molecular weight excluding hydrogens is 246 g/mol. The van der Waals surface area contributed by atoms with Gasteiger partial charge in [-0.3, -0.25) is 0 Å². The van der Waals surface area contributed by atoms with Gasteiger partial charge < -0.3 is 5.32 Å². The van der Waals surface area contributed by atoms with Crippen molar-refractivity contribution in [1.82, 2.24) is 9.97 Å². The summed E-state index contributed by atoms with van der Waals surface area (Å²) in [5, 5.41) is 3.36. The maximum Gasteiger partial charge on any atom is 0.223 e. The number of hydrogen-bond donors (Lipinski definition) is 1. The van der Waals surface area contributed by atoms with E-state index in [0.29, 0.717) is 5.92 Å². The van der Waals surface area contributed by atoms with Gasteiger partial charge in [0.2, 0.25) is 5.95 Å². The van der Waals surface area contributed by atoms with Crippen LogP contribution in [0.15, 0.2) is 6.07 Å². The van der Waals surface area contributed by atoms with E-state index in [0.717, 1.165) is 29.8 Å². The standard InChI is InChI=1S/C17H31N3/c1-13(2)10-8-6-7-9-11-18-17-19-15(5)12-16(20-17)14(3)4/h12-14H,6-11H2,1-5H3,(H,18,19,20). The summed E-state index contributed by atoms with van der Waals surface area (Å²) in [6.45, 7) is 11.9. The Morgan fingerprint density at radius 3 is 2.35 bits per heavy atom. The van der Waals surface area contributed by atoms with Gasteiger partial charge in [0, 0.05) is 17.9 Å². The highest BCUT2D eigenvalue weighted by Crippen LogP contribution is 2.14. The summed E-state index contributed by atoms with van der Waals surface area (Å²) in [4.78, 5) is 9.02. The molecule has 0 aliphatic rings. The Kier molecular flexibility index (Phi) is 7.56. The largest absolute Gasteiger partial charge is 0.354 e. The van der Waals surface area contributed by atoms with Crippen LogP contribution in [0, 0.1) is 12.8 Å². The van der Waals surface area contributed by atoms with Gasteiger partial charge in [0.25, 0.3) is 0 Å². The van der Waals surface area contributed by atoms with Crippen molar-refractivity contribution in [2.75, 3.05) is 11.9 Å². The summed E-state index contributed by atoms with van der Waals surface area (Å²) in [5.41, 5.74) is 2.17. The quantitative estimate of drug-likeness (QED) is 0.650. The molecule has 3 heteroatoms. The molecule has 1 aromatic rings. The fourth-order valence-electron chi connectivity index (χ4n) is 2.20. The molecule has 1 N–H and O–H groups in total. The minimum Gasteiger partial charge on any atom is -0.354 e. The maximum atomic E-state index is 4.57. The van der Waals surface area contributed by atoms with Crippen molar-refractivity contribution >= 4 is 5.95 Å². The zero-order valence-electron chi connectivity index (χ0n) is 13.9. The molecule has 1 heterocycles. The summed E-state index contributed by atoms with van der Waals surface area (Å²) in [5.74, 6) is 2.08. The van der Waals surface area contributed by atoms with E-state index in [1.165, 1.54) is 32.1 Å². The second-order valence-electron chi connectivity index (χ2n) is 6.44. The van der Waals surface area contributed by atoms with Crippen LogP contribution in [0.1, 0.15) is 77.1 Å². The van der Waals surface area contributed by atoms with Gasteiger partial charge in [0.15, 0.2) is 0 Å². The summed E-state index contributed by atoms with van der Waals surface area (Å²) >= 11 is 0. The zero-order chi connectivity index (χ0) is 15.0. The van der Waals surface area contributed by atoms with E-state index in [1.54, 1.807) is 0 Å². The molecule has 114 valence electrons. The van der Waals surface area contributed by atoms with Gasteiger partial charge in [-0.1, -0.05) is 53.4 Å². The molecule has 0 atom stereocenters. The molecule has 0 unspecified atom stereocenters. The number of aromatic nitrogens is 2. The Morgan fingerprint density at radius 2 is 1.70 bits per heavy atom. The molecule has 0 aliphatic carbocycles. The van der Waals surface area contributed by atoms with Crippen LogP contribution >= 0.6 is 0 Å². The number of nitrogens with one attached hydrogen (secondary N) is 1. The van der Waals surface area contributed by atoms with Gasteiger partial charge in [0.1, 0.15) is 0 Å². The normalized spacial score (nSPS) is 11.3. The van der Waals surface area contributed by atoms with Crippen molar-refractivity contribution in [1.29, 1.82) is 0 Å². The van der Waals surface area contributed by atoms with Crippen LogP contribution in [-0.2, 0) is 0 Å². The Morgan fingerprint density at radius 1 is 1.00 bits per heavy atom. The highest BCUT2D eigenvalue weighted by Gasteiger charge is 2.05. The molecule has 0 amide bonds. The van der Waals surface area contributed by atoms with Gasteiger partial charge in [-0.15, -0.1) is 0 Å². The van der Waals surface area contributed by atoms with Crippen LogP contribution in [0.3, 0.4) is 0 Å². The first-order chi connectivity index (χ1) is 9.49. The Hall–Kier alpha value is -1.12. The third-order valence-electron chi connectivity index (χ3n) is 3.46. The minimum absolute atomic E-state index is 0.452. The third kappa shape index (κ3) is 6.88. The van der Waals surface area contributed by atoms with Gasteiger partial charge in [-0.05, 0) is 31.2 Å². The van der Waals surface area contributed by atoms with E-state index in [4.69, 9.17) is 0 Å². The monoisotopic (exact) mass is 277 g/mol. The minimum atomic E-state index is 0.452. The van der Waals surface area contributed by atoms with Gasteiger partial charge in [0.05, 0.1) is 0 Å². The Labute approximate surface area is 124 Å². The molecule has 20 heavy (non-hydrogen) atoms. The molecule has 0 aromatic carbocycles. The average molecular weight is 277 g/mol. The van der Waals surface area contributed by atoms with Crippen LogP contribution in [0.25, 0.3) is 0 Å². The molecule has 0 saturated heterocycles. The van der Waals surface area contributed by atoms with Gasteiger partial charge in [-0.2, -0.15) is 0 Å². The first-order valence-corrected chi connectivity index (χ1v) is 8.08. The van der Waals surface area contributed by atoms with E-state index < -0.39 is 0 Å². The van der Waals surface area contributed by atoms with Crippen LogP contribution in [-0.4, -0.2) is 16.5 Å². The molecule has 0 bridgehead atoms. The second-order valence-corrected chi connectivity index (χ2v) is 6.44. The molecule has 0 spiro atoms. The Balaban J connectivity index is 2.25. The van der Waals surface area contributed by atoms with E-state index in [2.05, 4.69) is 49.0 Å². The van der Waals surface area contributed by atoms with Crippen LogP contribution in [0.4, 0.5) is 5.95 Å². The molecular formula is C17H31N3. The van der Waals surface area contributed by atoms with Crippen molar-refractivity contribution in [2.45, 2.75) is 72.6 Å². The van der Waals surface area contributed by atoms with E-state index in [9.17, 15) is 0 Å². The lowest BCUT2D eigenvalue weighted by molar-refractivity contribution is 0.522. The highest BCUT2D eigenvalue weighted by molar-refractivity contribution is 5.28. The number of unbranched alkanes of at least 4 members (excludes halogenated alkanes) is 3. The molecule has 3 nitrogen and oxygen atoms in total. The predicted octanol–water partition coefficient (Wildman–Crippen LogP) is 4.93. The lowest BCUT2D eigenvalue weighted by Crippen LogP contribution is -2.08. The lowest BCUT2D eigenvalue weighted by atomic mass is 10.0. The Bertz CT molecular complexity index is 386. The van der Waals surface area contributed by atoms with Crippen LogP contribution < -0.4 is 5.32 Å². The van der Waals surface area contributed by atoms with Crippen LogP contribution in [0.2, 0.25) is 0 Å². The number of nitrogens with zero attached hydrogens (tertiary/aromatic N) is 2. The molecule has 1 rings (SSSR count). The van der Waals surface area contributed by atoms with Gasteiger partial charge >= 0.3 is 0 Å². The number of rotatable bonds is 9. The average Bonchev–Trinajstić information content (AvgIpc) is 2.36. The SMILES string of the molecule is Cc1cc(C(C)C)nc(NCCCCCCC(C)C)n1. The smallest absolute Gasteiger partial charge is 0.223 e. The van der Waals surface area contributed by atoms with Crippen molar-refractivity contribution in [2.24, 2.45) is 5.92 Å². The van der Waals surface area contributed by atoms with Crippen molar-refractivity contribution in [3.05, 3.63) is 17.5 Å². The summed E-state index contributed by atoms with van der Waals surface area (Å²) in [6.07, 6.45) is 6.54. The first-order valence-electron chi connectivity index (χ1n) is 8.08. The molecule has 1 aromatic heterocycles. The third-order valence-corrected chi connectivity index (χ3v) is 3.46. The molecule has 0 saturated carbocycles. The van der Waals surface area contributed by atoms with Crippen molar-refractivity contribution in [3.8, 4) is 0 Å². The van der Waals surface area contributed by atoms with Crippen molar-refractivity contribution < 1.29 is 0 Å². The van der Waals surface area contributed by atoms with E-state index >= 15 is 0 Å². The lowest BCUT2D eigenvalue weighted by Gasteiger charge is -2.10. The molecule has 0 fully saturated rings. The fourth-order valence-corrected chi connectivity index (χ4v) is 2.20. The molecule has 0 radical (unpaired) electrons. The number of aryl methyl sites for hydroxylation is 1. The summed E-state index contributed by atoms with van der Waals surface area (Å²) in [7, 11) is 0. The van der Waals surface area contributed by atoms with Gasteiger partial charge in [-0.25, -0.2) is 9.97 Å². The van der Waals surface area contributed by atoms with E-state index in [-0.39, 0.29) is 0 Å². The van der Waals surface area contributed by atoms with E-state index in [1.807, 2.05) is 6.92 Å². The predicted molar refractivity (Wildman–Crippen MR) is 87.3 cm³/mol. The fraction of sp³-hybridized carbons (Fsp3) is 0.765. The summed E-state index contributed by atoms with van der Waals surface area (Å²) in [6, 6.07) is 2.07. The van der Waals surface area contributed by atoms with Crippen molar-refractivity contribution in [3.63, 3.8) is 0 Å². The zero-order valence-corrected chi connectivity index (χ0v) is 13.9. The second kappa shape index (κ2) is 8.93. The first kappa shape index (κ1) is 16.9. The topological polar surface area (TPSA) is 37.8 Å².